The average molecular weight is 387 g/mol. The van der Waals surface area contributed by atoms with Gasteiger partial charge in [-0.2, -0.15) is 0 Å². The Hall–Kier alpha value is -2.34. The van der Waals surface area contributed by atoms with Crippen molar-refractivity contribution in [3.63, 3.8) is 0 Å². The average Bonchev–Trinajstić information content (AvgIpc) is 2.73. The Morgan fingerprint density at radius 3 is 2.26 bits per heavy atom. The topological polar surface area (TPSA) is 42.0 Å². The Labute approximate surface area is 165 Å². The van der Waals surface area contributed by atoms with E-state index in [1.165, 1.54) is 0 Å². The highest BCUT2D eigenvalue weighted by Gasteiger charge is 2.26. The molecule has 0 spiro atoms. The molecular weight excluding hydrogens is 360 g/mol. The van der Waals surface area contributed by atoms with E-state index in [-0.39, 0.29) is 11.2 Å². The molecule has 1 aliphatic rings. The summed E-state index contributed by atoms with van der Waals surface area (Å²) in [6, 6.07) is 15.9. The third-order valence-corrected chi connectivity index (χ3v) is 5.84. The number of ether oxygens (including phenoxy) is 2. The number of anilines is 1. The standard InChI is InChI=1S/C21H26N2O3S/c1-16(27-18-10-8-17(25-2)9-11-18)21(24)23-14-12-22(13-15-23)19-6-4-5-7-20(19)26-3/h4-11,16H,12-15H2,1-3H3. The van der Waals surface area contributed by atoms with E-state index in [0.29, 0.717) is 0 Å². The predicted molar refractivity (Wildman–Crippen MR) is 110 cm³/mol. The molecule has 1 unspecified atom stereocenters. The number of nitrogens with zero attached hydrogens (tertiary/aromatic N) is 2. The van der Waals surface area contributed by atoms with Crippen molar-refractivity contribution in [1.29, 1.82) is 0 Å². The lowest BCUT2D eigenvalue weighted by molar-refractivity contribution is -0.130. The maximum absolute atomic E-state index is 12.8. The molecule has 2 aromatic carbocycles. The summed E-state index contributed by atoms with van der Waals surface area (Å²) in [5.41, 5.74) is 1.09. The molecule has 0 bridgehead atoms. The molecule has 1 saturated heterocycles. The normalized spacial score (nSPS) is 15.4. The lowest BCUT2D eigenvalue weighted by Gasteiger charge is -2.37. The van der Waals surface area contributed by atoms with Crippen LogP contribution in [-0.4, -0.2) is 56.5 Å². The largest absolute Gasteiger partial charge is 0.497 e. The second-order valence-electron chi connectivity index (χ2n) is 6.42. The molecular formula is C21H26N2O3S. The fraction of sp³-hybridized carbons (Fsp3) is 0.381. The minimum atomic E-state index is -0.115. The minimum Gasteiger partial charge on any atom is -0.497 e. The fourth-order valence-corrected chi connectivity index (χ4v) is 4.18. The highest BCUT2D eigenvalue weighted by atomic mass is 32.2. The number of para-hydroxylation sites is 2. The van der Waals surface area contributed by atoms with Gasteiger partial charge in [0.05, 0.1) is 25.2 Å². The number of piperazine rings is 1. The van der Waals surface area contributed by atoms with Crippen molar-refractivity contribution in [2.75, 3.05) is 45.3 Å². The van der Waals surface area contributed by atoms with Crippen molar-refractivity contribution < 1.29 is 14.3 Å². The van der Waals surface area contributed by atoms with Crippen LogP contribution < -0.4 is 14.4 Å². The van der Waals surface area contributed by atoms with Crippen molar-refractivity contribution in [1.82, 2.24) is 4.90 Å². The van der Waals surface area contributed by atoms with E-state index in [4.69, 9.17) is 9.47 Å². The first-order valence-corrected chi connectivity index (χ1v) is 9.98. The van der Waals surface area contributed by atoms with Crippen LogP contribution in [0.2, 0.25) is 0 Å². The number of amides is 1. The van der Waals surface area contributed by atoms with Crippen LogP contribution in [0.1, 0.15) is 6.92 Å². The number of carbonyl (C=O) groups excluding carboxylic acids is 1. The molecule has 1 atom stereocenters. The molecule has 1 amide bonds. The van der Waals surface area contributed by atoms with Crippen LogP contribution in [0, 0.1) is 0 Å². The summed E-state index contributed by atoms with van der Waals surface area (Å²) in [4.78, 5) is 18.1. The van der Waals surface area contributed by atoms with E-state index in [1.54, 1.807) is 26.0 Å². The molecule has 3 rings (SSSR count). The number of hydrogen-bond donors (Lipinski definition) is 0. The van der Waals surface area contributed by atoms with E-state index >= 15 is 0 Å². The molecule has 2 aromatic rings. The van der Waals surface area contributed by atoms with Gasteiger partial charge in [-0.05, 0) is 43.3 Å². The number of hydrogen-bond acceptors (Lipinski definition) is 5. The van der Waals surface area contributed by atoms with Crippen molar-refractivity contribution in [3.05, 3.63) is 48.5 Å². The summed E-state index contributed by atoms with van der Waals surface area (Å²) in [6.45, 7) is 5.05. The molecule has 0 radical (unpaired) electrons. The predicted octanol–water partition coefficient (Wildman–Crippen LogP) is 3.53. The fourth-order valence-electron chi connectivity index (χ4n) is 3.22. The van der Waals surface area contributed by atoms with Gasteiger partial charge in [0.25, 0.3) is 0 Å². The number of thioether (sulfide) groups is 1. The minimum absolute atomic E-state index is 0.115. The Bertz CT molecular complexity index is 758. The smallest absolute Gasteiger partial charge is 0.235 e. The van der Waals surface area contributed by atoms with Gasteiger partial charge >= 0.3 is 0 Å². The number of rotatable bonds is 6. The maximum atomic E-state index is 12.8. The number of methoxy groups -OCH3 is 2. The first-order chi connectivity index (χ1) is 13.1. The van der Waals surface area contributed by atoms with Crippen LogP contribution in [0.15, 0.2) is 53.4 Å². The van der Waals surface area contributed by atoms with Gasteiger partial charge in [0.15, 0.2) is 0 Å². The summed E-state index contributed by atoms with van der Waals surface area (Å²) < 4.78 is 10.6. The van der Waals surface area contributed by atoms with Crippen LogP contribution in [-0.2, 0) is 4.79 Å². The van der Waals surface area contributed by atoms with E-state index < -0.39 is 0 Å². The Balaban J connectivity index is 1.55. The lowest BCUT2D eigenvalue weighted by atomic mass is 10.2. The van der Waals surface area contributed by atoms with Gasteiger partial charge in [0.2, 0.25) is 5.91 Å². The molecule has 1 aliphatic heterocycles. The summed E-state index contributed by atoms with van der Waals surface area (Å²) in [6.07, 6.45) is 0. The van der Waals surface area contributed by atoms with Crippen LogP contribution in [0.25, 0.3) is 0 Å². The van der Waals surface area contributed by atoms with E-state index in [0.717, 1.165) is 48.3 Å². The third kappa shape index (κ3) is 4.69. The van der Waals surface area contributed by atoms with Gasteiger partial charge in [0.1, 0.15) is 11.5 Å². The van der Waals surface area contributed by atoms with Crippen molar-refractivity contribution >= 4 is 23.4 Å². The van der Waals surface area contributed by atoms with Crippen LogP contribution >= 0.6 is 11.8 Å². The van der Waals surface area contributed by atoms with Crippen LogP contribution in [0.3, 0.4) is 0 Å². The van der Waals surface area contributed by atoms with E-state index in [1.807, 2.05) is 54.3 Å². The number of carbonyl (C=O) groups is 1. The highest BCUT2D eigenvalue weighted by Crippen LogP contribution is 2.30. The molecule has 6 heteroatoms. The zero-order valence-electron chi connectivity index (χ0n) is 16.1. The van der Waals surface area contributed by atoms with E-state index in [9.17, 15) is 4.79 Å². The number of benzene rings is 2. The van der Waals surface area contributed by atoms with Gasteiger partial charge in [-0.3, -0.25) is 4.79 Å². The summed E-state index contributed by atoms with van der Waals surface area (Å²) in [5, 5.41) is -0.115. The Kier molecular flexibility index (Phi) is 6.50. The molecule has 0 aromatic heterocycles. The third-order valence-electron chi connectivity index (χ3n) is 4.74. The van der Waals surface area contributed by atoms with Gasteiger partial charge in [-0.1, -0.05) is 12.1 Å². The van der Waals surface area contributed by atoms with Crippen molar-refractivity contribution in [2.24, 2.45) is 0 Å². The van der Waals surface area contributed by atoms with Crippen LogP contribution in [0.4, 0.5) is 5.69 Å². The van der Waals surface area contributed by atoms with Crippen molar-refractivity contribution in [2.45, 2.75) is 17.1 Å². The molecule has 1 heterocycles. The highest BCUT2D eigenvalue weighted by molar-refractivity contribution is 8.00. The monoisotopic (exact) mass is 386 g/mol. The van der Waals surface area contributed by atoms with Gasteiger partial charge in [-0.15, -0.1) is 11.8 Å². The second kappa shape index (κ2) is 9.04. The SMILES string of the molecule is COc1ccc(SC(C)C(=O)N2CCN(c3ccccc3OC)CC2)cc1. The van der Waals surface area contributed by atoms with E-state index in [2.05, 4.69) is 11.0 Å². The second-order valence-corrected chi connectivity index (χ2v) is 7.83. The quantitative estimate of drug-likeness (QED) is 0.711. The van der Waals surface area contributed by atoms with Gasteiger partial charge in [-0.25, -0.2) is 0 Å². The first kappa shape index (κ1) is 19.4. The van der Waals surface area contributed by atoms with Gasteiger partial charge < -0.3 is 19.3 Å². The lowest BCUT2D eigenvalue weighted by Crippen LogP contribution is -2.50. The molecule has 0 N–H and O–H groups in total. The van der Waals surface area contributed by atoms with Crippen molar-refractivity contribution in [3.8, 4) is 11.5 Å². The molecule has 0 aliphatic carbocycles. The zero-order valence-corrected chi connectivity index (χ0v) is 16.9. The Morgan fingerprint density at radius 1 is 0.963 bits per heavy atom. The summed E-state index contributed by atoms with van der Waals surface area (Å²) in [7, 11) is 3.34. The molecule has 27 heavy (non-hydrogen) atoms. The Morgan fingerprint density at radius 2 is 1.63 bits per heavy atom. The molecule has 144 valence electrons. The molecule has 0 saturated carbocycles. The summed E-state index contributed by atoms with van der Waals surface area (Å²) in [5.74, 6) is 1.89. The maximum Gasteiger partial charge on any atom is 0.235 e. The van der Waals surface area contributed by atoms with Gasteiger partial charge in [0, 0.05) is 31.1 Å². The zero-order chi connectivity index (χ0) is 19.2. The molecule has 5 nitrogen and oxygen atoms in total. The summed E-state index contributed by atoms with van der Waals surface area (Å²) >= 11 is 1.59. The van der Waals surface area contributed by atoms with Crippen LogP contribution in [0.5, 0.6) is 11.5 Å². The first-order valence-electron chi connectivity index (χ1n) is 9.10. The molecule has 1 fully saturated rings.